The van der Waals surface area contributed by atoms with Gasteiger partial charge in [0.1, 0.15) is 5.54 Å². The van der Waals surface area contributed by atoms with Crippen molar-refractivity contribution in [2.45, 2.75) is 18.9 Å². The van der Waals surface area contributed by atoms with Gasteiger partial charge >= 0.3 is 0 Å². The number of carbonyl (C=O) groups is 1. The Bertz CT molecular complexity index is 200. The fraction of sp³-hybridized carbons (Fsp3) is 0.889. The van der Waals surface area contributed by atoms with Gasteiger partial charge < -0.3 is 20.9 Å². The highest BCUT2D eigenvalue weighted by atomic mass is 16.5. The SMILES string of the molecule is CC(N)(COCC1CCOC1)C(N)=O. The Hall–Kier alpha value is -0.650. The molecule has 0 spiro atoms. The molecule has 0 bridgehead atoms. The van der Waals surface area contributed by atoms with Gasteiger partial charge in [0.25, 0.3) is 0 Å². The molecule has 1 amide bonds. The summed E-state index contributed by atoms with van der Waals surface area (Å²) in [5, 5.41) is 0. The van der Waals surface area contributed by atoms with E-state index < -0.39 is 11.4 Å². The van der Waals surface area contributed by atoms with Gasteiger partial charge in [-0.05, 0) is 13.3 Å². The van der Waals surface area contributed by atoms with Gasteiger partial charge in [-0.15, -0.1) is 0 Å². The quantitative estimate of drug-likeness (QED) is 0.613. The number of ether oxygens (including phenoxy) is 2. The molecule has 1 aliphatic rings. The number of hydrogen-bond donors (Lipinski definition) is 2. The number of rotatable bonds is 5. The molecule has 1 aliphatic heterocycles. The smallest absolute Gasteiger partial charge is 0.239 e. The molecular weight excluding hydrogens is 184 g/mol. The molecule has 2 unspecified atom stereocenters. The van der Waals surface area contributed by atoms with E-state index in [0.29, 0.717) is 12.5 Å². The molecule has 0 aliphatic carbocycles. The van der Waals surface area contributed by atoms with Crippen LogP contribution in [-0.2, 0) is 14.3 Å². The topological polar surface area (TPSA) is 87.6 Å². The van der Waals surface area contributed by atoms with E-state index in [2.05, 4.69) is 0 Å². The standard InChI is InChI=1S/C9H18N2O3/c1-9(11,8(10)12)6-14-5-7-2-3-13-4-7/h7H,2-6,11H2,1H3,(H2,10,12). The summed E-state index contributed by atoms with van der Waals surface area (Å²) in [4.78, 5) is 10.8. The van der Waals surface area contributed by atoms with Gasteiger partial charge in [-0.25, -0.2) is 0 Å². The molecule has 1 saturated heterocycles. The highest BCUT2D eigenvalue weighted by molar-refractivity contribution is 5.83. The van der Waals surface area contributed by atoms with Gasteiger partial charge in [0, 0.05) is 12.5 Å². The second-order valence-corrected chi connectivity index (χ2v) is 4.03. The lowest BCUT2D eigenvalue weighted by Gasteiger charge is -2.21. The van der Waals surface area contributed by atoms with Crippen LogP contribution in [0.4, 0.5) is 0 Å². The Morgan fingerprint density at radius 1 is 1.71 bits per heavy atom. The van der Waals surface area contributed by atoms with Crippen LogP contribution in [0.3, 0.4) is 0 Å². The first-order valence-electron chi connectivity index (χ1n) is 4.76. The normalized spacial score (nSPS) is 26.0. The van der Waals surface area contributed by atoms with Crippen LogP contribution >= 0.6 is 0 Å². The largest absolute Gasteiger partial charge is 0.381 e. The number of primary amides is 1. The van der Waals surface area contributed by atoms with Crippen LogP contribution < -0.4 is 11.5 Å². The summed E-state index contributed by atoms with van der Waals surface area (Å²) in [5.74, 6) is -0.112. The summed E-state index contributed by atoms with van der Waals surface area (Å²) >= 11 is 0. The zero-order chi connectivity index (χ0) is 10.6. The Balaban J connectivity index is 2.16. The molecule has 0 aromatic heterocycles. The van der Waals surface area contributed by atoms with E-state index in [1.165, 1.54) is 0 Å². The van der Waals surface area contributed by atoms with Crippen LogP contribution in [0.25, 0.3) is 0 Å². The summed E-state index contributed by atoms with van der Waals surface area (Å²) < 4.78 is 10.5. The molecule has 1 rings (SSSR count). The molecule has 4 N–H and O–H groups in total. The third-order valence-electron chi connectivity index (χ3n) is 2.34. The van der Waals surface area contributed by atoms with Crippen molar-refractivity contribution in [2.24, 2.45) is 17.4 Å². The number of amides is 1. The third kappa shape index (κ3) is 3.25. The van der Waals surface area contributed by atoms with E-state index in [0.717, 1.165) is 19.6 Å². The van der Waals surface area contributed by atoms with Gasteiger partial charge in [0.15, 0.2) is 0 Å². The van der Waals surface area contributed by atoms with E-state index in [9.17, 15) is 4.79 Å². The van der Waals surface area contributed by atoms with Crippen LogP contribution in [0.5, 0.6) is 0 Å². The first-order chi connectivity index (χ1) is 6.52. The third-order valence-corrected chi connectivity index (χ3v) is 2.34. The van der Waals surface area contributed by atoms with Gasteiger partial charge in [-0.2, -0.15) is 0 Å². The monoisotopic (exact) mass is 202 g/mol. The molecule has 2 atom stereocenters. The van der Waals surface area contributed by atoms with Crippen LogP contribution in [0.15, 0.2) is 0 Å². The van der Waals surface area contributed by atoms with Crippen molar-refractivity contribution in [3.8, 4) is 0 Å². The average molecular weight is 202 g/mol. The Labute approximate surface area is 83.7 Å². The zero-order valence-electron chi connectivity index (χ0n) is 8.49. The summed E-state index contributed by atoms with van der Waals surface area (Å²) in [7, 11) is 0. The second-order valence-electron chi connectivity index (χ2n) is 4.03. The number of carbonyl (C=O) groups excluding carboxylic acids is 1. The fourth-order valence-corrected chi connectivity index (χ4v) is 1.22. The minimum absolute atomic E-state index is 0.166. The molecule has 0 aromatic carbocycles. The summed E-state index contributed by atoms with van der Waals surface area (Å²) in [6.45, 7) is 3.85. The number of hydrogen-bond acceptors (Lipinski definition) is 4. The van der Waals surface area contributed by atoms with Crippen molar-refractivity contribution in [1.29, 1.82) is 0 Å². The zero-order valence-corrected chi connectivity index (χ0v) is 8.49. The van der Waals surface area contributed by atoms with Crippen LogP contribution in [0, 0.1) is 5.92 Å². The molecule has 1 fully saturated rings. The molecular formula is C9H18N2O3. The van der Waals surface area contributed by atoms with Crippen LogP contribution in [0.2, 0.25) is 0 Å². The maximum atomic E-state index is 10.8. The average Bonchev–Trinajstić information content (AvgIpc) is 2.56. The van der Waals surface area contributed by atoms with Gasteiger partial charge in [-0.1, -0.05) is 0 Å². The van der Waals surface area contributed by atoms with E-state index in [4.69, 9.17) is 20.9 Å². The molecule has 82 valence electrons. The highest BCUT2D eigenvalue weighted by Crippen LogP contribution is 2.12. The molecule has 5 nitrogen and oxygen atoms in total. The highest BCUT2D eigenvalue weighted by Gasteiger charge is 2.26. The molecule has 1 heterocycles. The lowest BCUT2D eigenvalue weighted by molar-refractivity contribution is -0.124. The second kappa shape index (κ2) is 4.72. The molecule has 0 saturated carbocycles. The predicted octanol–water partition coefficient (Wildman–Crippen LogP) is -0.758. The summed E-state index contributed by atoms with van der Waals surface area (Å²) in [6.07, 6.45) is 1.01. The van der Waals surface area contributed by atoms with Crippen molar-refractivity contribution >= 4 is 5.91 Å². The van der Waals surface area contributed by atoms with E-state index in [1.807, 2.05) is 0 Å². The van der Waals surface area contributed by atoms with E-state index in [-0.39, 0.29) is 6.61 Å². The minimum atomic E-state index is -1.07. The van der Waals surface area contributed by atoms with Crippen LogP contribution in [0.1, 0.15) is 13.3 Å². The molecule has 0 aromatic rings. The summed E-state index contributed by atoms with van der Waals surface area (Å²) in [5.41, 5.74) is 9.64. The van der Waals surface area contributed by atoms with Gasteiger partial charge in [0.05, 0.1) is 19.8 Å². The Kier molecular flexibility index (Phi) is 3.86. The first-order valence-corrected chi connectivity index (χ1v) is 4.76. The fourth-order valence-electron chi connectivity index (χ4n) is 1.22. The van der Waals surface area contributed by atoms with E-state index in [1.54, 1.807) is 6.92 Å². The summed E-state index contributed by atoms with van der Waals surface area (Å²) in [6, 6.07) is 0. The van der Waals surface area contributed by atoms with Crippen molar-refractivity contribution in [2.75, 3.05) is 26.4 Å². The van der Waals surface area contributed by atoms with Crippen LogP contribution in [-0.4, -0.2) is 37.9 Å². The Morgan fingerprint density at radius 2 is 2.43 bits per heavy atom. The molecule has 14 heavy (non-hydrogen) atoms. The maximum absolute atomic E-state index is 10.8. The Morgan fingerprint density at radius 3 is 2.93 bits per heavy atom. The van der Waals surface area contributed by atoms with E-state index >= 15 is 0 Å². The van der Waals surface area contributed by atoms with Gasteiger partial charge in [0.2, 0.25) is 5.91 Å². The van der Waals surface area contributed by atoms with Crippen molar-refractivity contribution in [1.82, 2.24) is 0 Å². The predicted molar refractivity (Wildman–Crippen MR) is 51.5 cm³/mol. The van der Waals surface area contributed by atoms with Crippen molar-refractivity contribution in [3.63, 3.8) is 0 Å². The van der Waals surface area contributed by atoms with Gasteiger partial charge in [-0.3, -0.25) is 4.79 Å². The maximum Gasteiger partial charge on any atom is 0.239 e. The molecule has 5 heteroatoms. The van der Waals surface area contributed by atoms with Crippen molar-refractivity contribution in [3.05, 3.63) is 0 Å². The first kappa shape index (κ1) is 11.4. The van der Waals surface area contributed by atoms with Crippen molar-refractivity contribution < 1.29 is 14.3 Å². The lowest BCUT2D eigenvalue weighted by Crippen LogP contribution is -2.53. The lowest BCUT2D eigenvalue weighted by atomic mass is 10.1. The minimum Gasteiger partial charge on any atom is -0.381 e. The number of nitrogens with two attached hydrogens (primary N) is 2. The molecule has 0 radical (unpaired) electrons.